The van der Waals surface area contributed by atoms with Crippen LogP contribution in [0.15, 0.2) is 30.3 Å². The molecule has 0 bridgehead atoms. The average molecular weight is 239 g/mol. The lowest BCUT2D eigenvalue weighted by atomic mass is 10.2. The van der Waals surface area contributed by atoms with Crippen molar-refractivity contribution < 1.29 is 24.3 Å². The van der Waals surface area contributed by atoms with Gasteiger partial charge in [0.1, 0.15) is 6.61 Å². The van der Waals surface area contributed by atoms with Crippen LogP contribution in [-0.4, -0.2) is 23.3 Å². The highest BCUT2D eigenvalue weighted by Gasteiger charge is 2.12. The molecule has 0 aromatic heterocycles. The summed E-state index contributed by atoms with van der Waals surface area (Å²) < 4.78 is 4.75. The van der Waals surface area contributed by atoms with Gasteiger partial charge in [-0.2, -0.15) is 0 Å². The molecule has 0 radical (unpaired) electrons. The Bertz CT molecular complexity index is 377. The van der Waals surface area contributed by atoms with E-state index < -0.39 is 18.2 Å². The highest BCUT2D eigenvalue weighted by Crippen LogP contribution is 2.00. The number of ether oxygens (including phenoxy) is 1. The first kappa shape index (κ1) is 13.0. The Labute approximate surface area is 98.1 Å². The van der Waals surface area contributed by atoms with Gasteiger partial charge >= 0.3 is 12.1 Å². The number of nitrogens with one attached hydrogen (secondary N) is 1. The molecule has 1 amide bonds. The molecule has 0 aliphatic rings. The Morgan fingerprint density at radius 2 is 2.00 bits per heavy atom. The number of aliphatic hydroxyl groups is 1. The van der Waals surface area contributed by atoms with Gasteiger partial charge in [0, 0.05) is 0 Å². The Morgan fingerprint density at radius 1 is 1.35 bits per heavy atom. The number of benzene rings is 1. The van der Waals surface area contributed by atoms with Crippen LogP contribution in [0.1, 0.15) is 12.5 Å². The van der Waals surface area contributed by atoms with E-state index in [0.29, 0.717) is 0 Å². The van der Waals surface area contributed by atoms with Crippen molar-refractivity contribution in [2.24, 2.45) is 0 Å². The van der Waals surface area contributed by atoms with E-state index in [1.54, 1.807) is 17.6 Å². The molecule has 0 aliphatic carbocycles. The first-order valence-electron chi connectivity index (χ1n) is 4.95. The lowest BCUT2D eigenvalue weighted by Gasteiger charge is -2.07. The highest BCUT2D eigenvalue weighted by molar-refractivity contribution is 5.76. The van der Waals surface area contributed by atoms with E-state index in [1.807, 2.05) is 18.2 Å². The summed E-state index contributed by atoms with van der Waals surface area (Å²) in [6, 6.07) is 9.03. The van der Waals surface area contributed by atoms with E-state index in [-0.39, 0.29) is 6.61 Å². The second kappa shape index (κ2) is 6.49. The molecule has 1 atom stereocenters. The molecule has 0 saturated carbocycles. The van der Waals surface area contributed by atoms with Gasteiger partial charge in [-0.3, -0.25) is 0 Å². The van der Waals surface area contributed by atoms with Crippen molar-refractivity contribution in [2.75, 3.05) is 0 Å². The van der Waals surface area contributed by atoms with Crippen LogP contribution < -0.4 is 5.48 Å². The Morgan fingerprint density at radius 3 is 2.59 bits per heavy atom. The summed E-state index contributed by atoms with van der Waals surface area (Å²) in [5.41, 5.74) is 2.57. The minimum Gasteiger partial charge on any atom is -0.443 e. The summed E-state index contributed by atoms with van der Waals surface area (Å²) in [4.78, 5) is 26.1. The molecular weight excluding hydrogens is 226 g/mol. The van der Waals surface area contributed by atoms with Gasteiger partial charge in [-0.15, -0.1) is 5.48 Å². The molecule has 1 aromatic rings. The van der Waals surface area contributed by atoms with Crippen LogP contribution in [0.5, 0.6) is 0 Å². The summed E-state index contributed by atoms with van der Waals surface area (Å²) in [7, 11) is 0. The topological polar surface area (TPSA) is 84.9 Å². The fourth-order valence-corrected chi connectivity index (χ4v) is 0.930. The highest BCUT2D eigenvalue weighted by atomic mass is 16.7. The van der Waals surface area contributed by atoms with Gasteiger partial charge in [0.2, 0.25) is 0 Å². The molecule has 0 saturated heterocycles. The molecule has 1 unspecified atom stereocenters. The van der Waals surface area contributed by atoms with Crippen molar-refractivity contribution in [3.63, 3.8) is 0 Å². The molecule has 0 heterocycles. The van der Waals surface area contributed by atoms with Crippen LogP contribution in [0.4, 0.5) is 4.79 Å². The van der Waals surface area contributed by atoms with Gasteiger partial charge in [0.15, 0.2) is 6.10 Å². The van der Waals surface area contributed by atoms with Gasteiger partial charge in [0.25, 0.3) is 0 Å². The normalized spacial score (nSPS) is 11.4. The standard InChI is InChI=1S/C11H13NO5/c1-8(13)10(14)17-12-11(15)16-7-9-5-3-2-4-6-9/h2-6,8,13H,7H2,1H3,(H,12,15). The van der Waals surface area contributed by atoms with Gasteiger partial charge in [-0.25, -0.2) is 9.59 Å². The summed E-state index contributed by atoms with van der Waals surface area (Å²) in [5.74, 6) is -0.957. The second-order valence-corrected chi connectivity index (χ2v) is 3.26. The third-order valence-electron chi connectivity index (χ3n) is 1.79. The number of hydrogen-bond donors (Lipinski definition) is 2. The molecule has 92 valence electrons. The van der Waals surface area contributed by atoms with Crippen LogP contribution in [0, 0.1) is 0 Å². The quantitative estimate of drug-likeness (QED) is 0.760. The predicted octanol–water partition coefficient (Wildman–Crippen LogP) is 0.752. The predicted molar refractivity (Wildman–Crippen MR) is 57.5 cm³/mol. The maximum absolute atomic E-state index is 11.1. The first-order chi connectivity index (χ1) is 8.09. The number of amides is 1. The molecule has 1 aromatic carbocycles. The lowest BCUT2D eigenvalue weighted by Crippen LogP contribution is -2.32. The van der Waals surface area contributed by atoms with Gasteiger partial charge in [-0.05, 0) is 12.5 Å². The molecule has 6 heteroatoms. The number of hydroxylamine groups is 1. The van der Waals surface area contributed by atoms with E-state index in [1.165, 1.54) is 6.92 Å². The van der Waals surface area contributed by atoms with E-state index in [2.05, 4.69) is 4.84 Å². The number of carbonyl (C=O) groups is 2. The SMILES string of the molecule is CC(O)C(=O)ONC(=O)OCc1ccccc1. The van der Waals surface area contributed by atoms with Gasteiger partial charge < -0.3 is 14.7 Å². The Kier molecular flexibility index (Phi) is 4.96. The van der Waals surface area contributed by atoms with E-state index in [0.717, 1.165) is 5.56 Å². The zero-order chi connectivity index (χ0) is 12.7. The fraction of sp³-hybridized carbons (Fsp3) is 0.273. The number of aliphatic hydroxyl groups excluding tert-OH is 1. The molecule has 0 spiro atoms. The molecule has 0 fully saturated rings. The zero-order valence-electron chi connectivity index (χ0n) is 9.25. The van der Waals surface area contributed by atoms with Crippen molar-refractivity contribution in [1.82, 2.24) is 5.48 Å². The van der Waals surface area contributed by atoms with E-state index in [9.17, 15) is 9.59 Å². The minimum atomic E-state index is -1.30. The zero-order valence-corrected chi connectivity index (χ0v) is 9.25. The summed E-state index contributed by atoms with van der Waals surface area (Å²) >= 11 is 0. The second-order valence-electron chi connectivity index (χ2n) is 3.26. The number of hydrogen-bond acceptors (Lipinski definition) is 5. The van der Waals surface area contributed by atoms with Crippen LogP contribution in [0.2, 0.25) is 0 Å². The van der Waals surface area contributed by atoms with E-state index >= 15 is 0 Å². The maximum Gasteiger partial charge on any atom is 0.441 e. The largest absolute Gasteiger partial charge is 0.443 e. The van der Waals surface area contributed by atoms with E-state index in [4.69, 9.17) is 9.84 Å². The lowest BCUT2D eigenvalue weighted by molar-refractivity contribution is -0.158. The third kappa shape index (κ3) is 4.98. The van der Waals surface area contributed by atoms with Gasteiger partial charge in [0.05, 0.1) is 0 Å². The van der Waals surface area contributed by atoms with Crippen molar-refractivity contribution in [2.45, 2.75) is 19.6 Å². The smallest absolute Gasteiger partial charge is 0.441 e. The molecular formula is C11H13NO5. The van der Waals surface area contributed by atoms with Crippen LogP contribution >= 0.6 is 0 Å². The third-order valence-corrected chi connectivity index (χ3v) is 1.79. The molecule has 2 N–H and O–H groups in total. The molecule has 1 rings (SSSR count). The summed E-state index contributed by atoms with van der Waals surface area (Å²) in [6.07, 6.45) is -2.20. The summed E-state index contributed by atoms with van der Waals surface area (Å²) in [6.45, 7) is 1.29. The molecule has 0 aliphatic heterocycles. The monoisotopic (exact) mass is 239 g/mol. The first-order valence-corrected chi connectivity index (χ1v) is 4.95. The van der Waals surface area contributed by atoms with Crippen molar-refractivity contribution >= 4 is 12.1 Å². The van der Waals surface area contributed by atoms with Crippen LogP contribution in [-0.2, 0) is 21.0 Å². The van der Waals surface area contributed by atoms with Crippen molar-refractivity contribution in [1.29, 1.82) is 0 Å². The average Bonchev–Trinajstić information content (AvgIpc) is 2.34. The van der Waals surface area contributed by atoms with Crippen molar-refractivity contribution in [3.05, 3.63) is 35.9 Å². The Balaban J connectivity index is 2.24. The summed E-state index contributed by atoms with van der Waals surface area (Å²) in [5, 5.41) is 8.78. The van der Waals surface area contributed by atoms with Gasteiger partial charge in [-0.1, -0.05) is 30.3 Å². The maximum atomic E-state index is 11.1. The number of rotatable bonds is 3. The van der Waals surface area contributed by atoms with Crippen LogP contribution in [0.25, 0.3) is 0 Å². The number of carbonyl (C=O) groups excluding carboxylic acids is 2. The Hall–Kier alpha value is -2.08. The van der Waals surface area contributed by atoms with Crippen LogP contribution in [0.3, 0.4) is 0 Å². The fourth-order valence-electron chi connectivity index (χ4n) is 0.930. The molecule has 17 heavy (non-hydrogen) atoms. The molecule has 6 nitrogen and oxygen atoms in total. The van der Waals surface area contributed by atoms with Crippen molar-refractivity contribution in [3.8, 4) is 0 Å². The minimum absolute atomic E-state index is 0.0684.